The molecule has 0 aromatic heterocycles. The molecule has 3 nitrogen and oxygen atoms in total. The lowest BCUT2D eigenvalue weighted by molar-refractivity contribution is 0.101. The Morgan fingerprint density at radius 2 is 1.81 bits per heavy atom. The largest absolute Gasteiger partial charge is 0.495 e. The number of ketones is 1. The zero-order valence-corrected chi connectivity index (χ0v) is 12.6. The number of halogens is 2. The molecule has 0 saturated carbocycles. The average Bonchev–Trinajstić information content (AvgIpc) is 2.46. The third-order valence-corrected chi connectivity index (χ3v) is 3.49. The number of carbonyl (C=O) groups is 1. The van der Waals surface area contributed by atoms with Gasteiger partial charge in [-0.2, -0.15) is 0 Å². The molecular formula is C16H14ClFO3. The molecule has 0 saturated heterocycles. The van der Waals surface area contributed by atoms with Gasteiger partial charge in [-0.3, -0.25) is 4.79 Å². The van der Waals surface area contributed by atoms with Crippen LogP contribution in [0.2, 0.25) is 5.02 Å². The van der Waals surface area contributed by atoms with Crippen molar-refractivity contribution >= 4 is 17.4 Å². The van der Waals surface area contributed by atoms with Crippen LogP contribution in [0.15, 0.2) is 30.3 Å². The fraction of sp³-hybridized carbons (Fsp3) is 0.188. The van der Waals surface area contributed by atoms with Crippen LogP contribution >= 0.6 is 11.6 Å². The topological polar surface area (TPSA) is 35.5 Å². The third-order valence-electron chi connectivity index (χ3n) is 3.14. The molecule has 0 fully saturated rings. The van der Waals surface area contributed by atoms with Crippen LogP contribution < -0.4 is 9.47 Å². The molecule has 5 heteroatoms. The van der Waals surface area contributed by atoms with Crippen molar-refractivity contribution in [2.75, 3.05) is 14.2 Å². The van der Waals surface area contributed by atoms with Gasteiger partial charge in [0.2, 0.25) is 0 Å². The van der Waals surface area contributed by atoms with E-state index in [0.717, 1.165) is 0 Å². The Hall–Kier alpha value is -2.07. The number of ether oxygens (including phenoxy) is 2. The number of hydrogen-bond donors (Lipinski definition) is 0. The number of benzene rings is 2. The van der Waals surface area contributed by atoms with Crippen LogP contribution in [0.5, 0.6) is 11.5 Å². The summed E-state index contributed by atoms with van der Waals surface area (Å²) in [7, 11) is 2.94. The Labute approximate surface area is 127 Å². The van der Waals surface area contributed by atoms with E-state index in [1.165, 1.54) is 39.3 Å². The van der Waals surface area contributed by atoms with Crippen LogP contribution in [0.25, 0.3) is 11.1 Å². The van der Waals surface area contributed by atoms with Crippen molar-refractivity contribution in [2.45, 2.75) is 6.92 Å². The molecule has 0 unspecified atom stereocenters. The SMILES string of the molecule is COc1ccc(-c2cc(F)ccc2C(C)=O)c(OC)c1Cl. The standard InChI is InChI=1S/C16H14ClFO3/c1-9(19)11-5-4-10(18)8-13(11)12-6-7-14(20-2)15(17)16(12)21-3/h4-8H,1-3H3. The molecule has 2 aromatic rings. The lowest BCUT2D eigenvalue weighted by Gasteiger charge is -2.15. The van der Waals surface area contributed by atoms with Gasteiger partial charge in [0, 0.05) is 11.1 Å². The van der Waals surface area contributed by atoms with E-state index in [1.54, 1.807) is 12.1 Å². The first-order valence-corrected chi connectivity index (χ1v) is 6.58. The summed E-state index contributed by atoms with van der Waals surface area (Å²) in [6.07, 6.45) is 0. The first kappa shape index (κ1) is 15.3. The Balaban J connectivity index is 2.75. The first-order valence-electron chi connectivity index (χ1n) is 6.21. The second-order valence-corrected chi connectivity index (χ2v) is 4.79. The Morgan fingerprint density at radius 1 is 1.10 bits per heavy atom. The zero-order valence-electron chi connectivity index (χ0n) is 11.9. The Bertz CT molecular complexity index is 698. The second-order valence-electron chi connectivity index (χ2n) is 4.41. The maximum absolute atomic E-state index is 13.6. The van der Waals surface area contributed by atoms with Crippen molar-refractivity contribution in [3.8, 4) is 22.6 Å². The maximum atomic E-state index is 13.6. The van der Waals surface area contributed by atoms with Gasteiger partial charge in [-0.05, 0) is 42.8 Å². The highest BCUT2D eigenvalue weighted by atomic mass is 35.5. The van der Waals surface area contributed by atoms with Crippen LogP contribution in [-0.4, -0.2) is 20.0 Å². The predicted octanol–water partition coefficient (Wildman–Crippen LogP) is 4.37. The number of methoxy groups -OCH3 is 2. The summed E-state index contributed by atoms with van der Waals surface area (Å²) in [6.45, 7) is 1.42. The molecule has 0 amide bonds. The second kappa shape index (κ2) is 6.14. The summed E-state index contributed by atoms with van der Waals surface area (Å²) < 4.78 is 24.0. The van der Waals surface area contributed by atoms with Crippen molar-refractivity contribution in [3.05, 3.63) is 46.7 Å². The highest BCUT2D eigenvalue weighted by molar-refractivity contribution is 6.34. The summed E-state index contributed by atoms with van der Waals surface area (Å²) in [4.78, 5) is 11.7. The molecule has 0 N–H and O–H groups in total. The van der Waals surface area contributed by atoms with Gasteiger partial charge in [0.15, 0.2) is 5.78 Å². The van der Waals surface area contributed by atoms with Gasteiger partial charge >= 0.3 is 0 Å². The molecule has 21 heavy (non-hydrogen) atoms. The Morgan fingerprint density at radius 3 is 2.38 bits per heavy atom. The fourth-order valence-electron chi connectivity index (χ4n) is 2.15. The van der Waals surface area contributed by atoms with Gasteiger partial charge < -0.3 is 9.47 Å². The van der Waals surface area contributed by atoms with Crippen molar-refractivity contribution in [1.82, 2.24) is 0 Å². The highest BCUT2D eigenvalue weighted by Gasteiger charge is 2.18. The third kappa shape index (κ3) is 2.85. The highest BCUT2D eigenvalue weighted by Crippen LogP contribution is 2.42. The van der Waals surface area contributed by atoms with Crippen molar-refractivity contribution in [3.63, 3.8) is 0 Å². The molecule has 110 valence electrons. The summed E-state index contributed by atoms with van der Waals surface area (Å²) >= 11 is 6.21. The first-order chi connectivity index (χ1) is 9.99. The molecule has 0 radical (unpaired) electrons. The van der Waals surface area contributed by atoms with Crippen molar-refractivity contribution < 1.29 is 18.7 Å². The number of hydrogen-bond acceptors (Lipinski definition) is 3. The van der Waals surface area contributed by atoms with Crippen LogP contribution in [0.4, 0.5) is 4.39 Å². The van der Waals surface area contributed by atoms with Crippen molar-refractivity contribution in [1.29, 1.82) is 0 Å². The Kier molecular flexibility index (Phi) is 4.48. The smallest absolute Gasteiger partial charge is 0.160 e. The van der Waals surface area contributed by atoms with E-state index in [2.05, 4.69) is 0 Å². The molecule has 0 atom stereocenters. The normalized spacial score (nSPS) is 10.3. The van der Waals surface area contributed by atoms with E-state index in [4.69, 9.17) is 21.1 Å². The van der Waals surface area contributed by atoms with Crippen LogP contribution in [0, 0.1) is 5.82 Å². The molecule has 0 aliphatic heterocycles. The summed E-state index contributed by atoms with van der Waals surface area (Å²) in [5.41, 5.74) is 1.37. The van der Waals surface area contributed by atoms with Crippen LogP contribution in [0.1, 0.15) is 17.3 Å². The number of carbonyl (C=O) groups excluding carboxylic acids is 1. The van der Waals surface area contributed by atoms with Gasteiger partial charge in [-0.25, -0.2) is 4.39 Å². The molecule has 0 aliphatic rings. The lowest BCUT2D eigenvalue weighted by atomic mass is 9.96. The lowest BCUT2D eigenvalue weighted by Crippen LogP contribution is -1.99. The van der Waals surface area contributed by atoms with Gasteiger partial charge in [0.1, 0.15) is 22.3 Å². The monoisotopic (exact) mass is 308 g/mol. The number of rotatable bonds is 4. The molecule has 2 aromatic carbocycles. The zero-order chi connectivity index (χ0) is 15.6. The van der Waals surface area contributed by atoms with Gasteiger partial charge in [-0.15, -0.1) is 0 Å². The van der Waals surface area contributed by atoms with Crippen molar-refractivity contribution in [2.24, 2.45) is 0 Å². The summed E-state index contributed by atoms with van der Waals surface area (Å²) in [6, 6.07) is 7.32. The fourth-order valence-corrected chi connectivity index (χ4v) is 2.47. The molecule has 2 rings (SSSR count). The minimum absolute atomic E-state index is 0.168. The minimum Gasteiger partial charge on any atom is -0.495 e. The quantitative estimate of drug-likeness (QED) is 0.787. The van der Waals surface area contributed by atoms with E-state index in [-0.39, 0.29) is 10.8 Å². The van der Waals surface area contributed by atoms with Gasteiger partial charge in [0.25, 0.3) is 0 Å². The minimum atomic E-state index is -0.441. The van der Waals surface area contributed by atoms with E-state index >= 15 is 0 Å². The summed E-state index contributed by atoms with van der Waals surface area (Å²) in [5, 5.41) is 0.274. The maximum Gasteiger partial charge on any atom is 0.160 e. The van der Waals surface area contributed by atoms with Gasteiger partial charge in [0.05, 0.1) is 14.2 Å². The van der Waals surface area contributed by atoms with E-state index < -0.39 is 5.82 Å². The summed E-state index contributed by atoms with van der Waals surface area (Å²) in [5.74, 6) is 0.171. The van der Waals surface area contributed by atoms with Crippen LogP contribution in [0.3, 0.4) is 0 Å². The molecule has 0 heterocycles. The van der Waals surface area contributed by atoms with Crippen LogP contribution in [-0.2, 0) is 0 Å². The molecule has 0 spiro atoms. The van der Waals surface area contributed by atoms with Gasteiger partial charge in [-0.1, -0.05) is 11.6 Å². The number of Topliss-reactive ketones (excluding diaryl/α,β-unsaturated/α-hetero) is 1. The molecule has 0 aliphatic carbocycles. The molecule has 0 bridgehead atoms. The average molecular weight is 309 g/mol. The van der Waals surface area contributed by atoms with E-state index in [0.29, 0.717) is 28.2 Å². The molecular weight excluding hydrogens is 295 g/mol. The van der Waals surface area contributed by atoms with E-state index in [1.807, 2.05) is 0 Å². The van der Waals surface area contributed by atoms with E-state index in [9.17, 15) is 9.18 Å². The predicted molar refractivity (Wildman–Crippen MR) is 80.0 cm³/mol.